The third kappa shape index (κ3) is 2.99. The Morgan fingerprint density at radius 2 is 1.76 bits per heavy atom. The lowest BCUT2D eigenvalue weighted by molar-refractivity contribution is 0.506. The van der Waals surface area contributed by atoms with Gasteiger partial charge in [0.1, 0.15) is 5.76 Å². The predicted molar refractivity (Wildman–Crippen MR) is 81.5 cm³/mol. The van der Waals surface area contributed by atoms with Crippen molar-refractivity contribution in [3.05, 3.63) is 66.6 Å². The van der Waals surface area contributed by atoms with Gasteiger partial charge in [0.25, 0.3) is 0 Å². The summed E-state index contributed by atoms with van der Waals surface area (Å²) in [7, 11) is -3.53. The third-order valence-electron chi connectivity index (χ3n) is 3.28. The van der Waals surface area contributed by atoms with Gasteiger partial charge in [-0.25, -0.2) is 13.1 Å². The molecule has 0 aliphatic carbocycles. The molecular weight excluding hydrogens is 286 g/mol. The first kappa shape index (κ1) is 13.9. The van der Waals surface area contributed by atoms with Crippen molar-refractivity contribution in [1.29, 1.82) is 0 Å². The zero-order valence-corrected chi connectivity index (χ0v) is 12.1. The van der Waals surface area contributed by atoms with Gasteiger partial charge in [0.2, 0.25) is 10.0 Å². The molecule has 2 aromatic carbocycles. The van der Waals surface area contributed by atoms with Crippen LogP contribution in [0.4, 0.5) is 0 Å². The van der Waals surface area contributed by atoms with Crippen molar-refractivity contribution < 1.29 is 12.8 Å². The van der Waals surface area contributed by atoms with Gasteiger partial charge >= 0.3 is 0 Å². The molecule has 0 amide bonds. The fourth-order valence-corrected chi connectivity index (χ4v) is 3.53. The molecule has 21 heavy (non-hydrogen) atoms. The molecular formula is C16H15NO3S. The summed E-state index contributed by atoms with van der Waals surface area (Å²) in [6.45, 7) is 0.305. The molecule has 1 heterocycles. The summed E-state index contributed by atoms with van der Waals surface area (Å²) in [6, 6.07) is 16.3. The summed E-state index contributed by atoms with van der Waals surface area (Å²) < 4.78 is 32.7. The molecule has 5 heteroatoms. The standard InChI is InChI=1S/C16H15NO3S/c18-21(19,17-11-10-14-7-4-12-20-14)16-9-3-6-13-5-1-2-8-15(13)16/h1-9,12,17H,10-11H2. The van der Waals surface area contributed by atoms with Crippen LogP contribution in [0, 0.1) is 0 Å². The second kappa shape index (κ2) is 5.71. The second-order valence-corrected chi connectivity index (χ2v) is 6.44. The Morgan fingerprint density at radius 1 is 0.952 bits per heavy atom. The van der Waals surface area contributed by atoms with Crippen molar-refractivity contribution in [1.82, 2.24) is 4.72 Å². The zero-order valence-electron chi connectivity index (χ0n) is 11.3. The van der Waals surface area contributed by atoms with Crippen LogP contribution in [0.25, 0.3) is 10.8 Å². The molecule has 0 bridgehead atoms. The molecule has 0 atom stereocenters. The van der Waals surface area contributed by atoms with Gasteiger partial charge in [0, 0.05) is 18.4 Å². The molecule has 0 aliphatic heterocycles. The van der Waals surface area contributed by atoms with E-state index in [-0.39, 0.29) is 0 Å². The van der Waals surface area contributed by atoms with Crippen molar-refractivity contribution in [2.24, 2.45) is 0 Å². The molecule has 1 aromatic heterocycles. The normalized spacial score (nSPS) is 11.8. The second-order valence-electron chi connectivity index (χ2n) is 4.70. The van der Waals surface area contributed by atoms with Gasteiger partial charge in [-0.2, -0.15) is 0 Å². The molecule has 3 rings (SSSR count). The molecule has 0 aliphatic rings. The van der Waals surface area contributed by atoms with E-state index in [1.165, 1.54) is 0 Å². The van der Waals surface area contributed by atoms with E-state index < -0.39 is 10.0 Å². The highest BCUT2D eigenvalue weighted by Crippen LogP contribution is 2.22. The maximum Gasteiger partial charge on any atom is 0.241 e. The smallest absolute Gasteiger partial charge is 0.241 e. The SMILES string of the molecule is O=S(=O)(NCCc1ccco1)c1cccc2ccccc12. The summed E-state index contributed by atoms with van der Waals surface area (Å²) in [5.74, 6) is 0.760. The topological polar surface area (TPSA) is 59.3 Å². The Labute approximate surface area is 123 Å². The first-order valence-electron chi connectivity index (χ1n) is 6.67. The van der Waals surface area contributed by atoms with Crippen LogP contribution in [-0.4, -0.2) is 15.0 Å². The maximum absolute atomic E-state index is 12.4. The van der Waals surface area contributed by atoms with Crippen LogP contribution in [0.2, 0.25) is 0 Å². The van der Waals surface area contributed by atoms with Crippen LogP contribution in [0.15, 0.2) is 70.2 Å². The van der Waals surface area contributed by atoms with E-state index in [4.69, 9.17) is 4.42 Å². The lowest BCUT2D eigenvalue weighted by Crippen LogP contribution is -2.26. The summed E-state index contributed by atoms with van der Waals surface area (Å²) in [5.41, 5.74) is 0. The average molecular weight is 301 g/mol. The van der Waals surface area contributed by atoms with Gasteiger partial charge < -0.3 is 4.42 Å². The van der Waals surface area contributed by atoms with Gasteiger partial charge in [-0.3, -0.25) is 0 Å². The van der Waals surface area contributed by atoms with Gasteiger partial charge in [-0.1, -0.05) is 36.4 Å². The molecule has 0 spiro atoms. The van der Waals surface area contributed by atoms with Gasteiger partial charge in [-0.15, -0.1) is 0 Å². The Bertz CT molecular complexity index is 834. The van der Waals surface area contributed by atoms with Crippen LogP contribution in [0.1, 0.15) is 5.76 Å². The first-order chi connectivity index (χ1) is 10.2. The van der Waals surface area contributed by atoms with Crippen molar-refractivity contribution >= 4 is 20.8 Å². The Balaban J connectivity index is 1.83. The number of sulfonamides is 1. The number of fused-ring (bicyclic) bond motifs is 1. The van der Waals surface area contributed by atoms with Crippen molar-refractivity contribution in [3.63, 3.8) is 0 Å². The molecule has 0 fully saturated rings. The number of hydrogen-bond donors (Lipinski definition) is 1. The number of hydrogen-bond acceptors (Lipinski definition) is 3. The monoisotopic (exact) mass is 301 g/mol. The van der Waals surface area contributed by atoms with Crippen molar-refractivity contribution in [2.45, 2.75) is 11.3 Å². The molecule has 4 nitrogen and oxygen atoms in total. The lowest BCUT2D eigenvalue weighted by Gasteiger charge is -2.09. The minimum Gasteiger partial charge on any atom is -0.469 e. The fraction of sp³-hybridized carbons (Fsp3) is 0.125. The number of benzene rings is 2. The van der Waals surface area contributed by atoms with Crippen LogP contribution in [-0.2, 0) is 16.4 Å². The molecule has 0 unspecified atom stereocenters. The van der Waals surface area contributed by atoms with E-state index in [2.05, 4.69) is 4.72 Å². The predicted octanol–water partition coefficient (Wildman–Crippen LogP) is 2.95. The van der Waals surface area contributed by atoms with Crippen LogP contribution >= 0.6 is 0 Å². The van der Waals surface area contributed by atoms with Crippen molar-refractivity contribution in [3.8, 4) is 0 Å². The zero-order chi connectivity index (χ0) is 14.7. The maximum atomic E-state index is 12.4. The number of furan rings is 1. The fourth-order valence-electron chi connectivity index (χ4n) is 2.27. The van der Waals surface area contributed by atoms with Gasteiger partial charge in [0.05, 0.1) is 11.2 Å². The number of rotatable bonds is 5. The van der Waals surface area contributed by atoms with Gasteiger partial charge in [-0.05, 0) is 23.6 Å². The highest BCUT2D eigenvalue weighted by atomic mass is 32.2. The first-order valence-corrected chi connectivity index (χ1v) is 8.15. The van der Waals surface area contributed by atoms with E-state index in [1.807, 2.05) is 36.4 Å². The highest BCUT2D eigenvalue weighted by Gasteiger charge is 2.16. The van der Waals surface area contributed by atoms with E-state index in [1.54, 1.807) is 24.5 Å². The highest BCUT2D eigenvalue weighted by molar-refractivity contribution is 7.89. The summed E-state index contributed by atoms with van der Waals surface area (Å²) in [5, 5.41) is 1.64. The molecule has 1 N–H and O–H groups in total. The molecule has 3 aromatic rings. The van der Waals surface area contributed by atoms with E-state index in [9.17, 15) is 8.42 Å². The molecule has 0 saturated heterocycles. The van der Waals surface area contributed by atoms with Gasteiger partial charge in [0.15, 0.2) is 0 Å². The average Bonchev–Trinajstić information content (AvgIpc) is 3.00. The minimum absolute atomic E-state index is 0.305. The Morgan fingerprint density at radius 3 is 2.57 bits per heavy atom. The molecule has 108 valence electrons. The Kier molecular flexibility index (Phi) is 3.77. The summed E-state index contributed by atoms with van der Waals surface area (Å²) in [6.07, 6.45) is 2.10. The molecule has 0 radical (unpaired) electrons. The van der Waals surface area contributed by atoms with Crippen LogP contribution < -0.4 is 4.72 Å². The largest absolute Gasteiger partial charge is 0.469 e. The molecule has 0 saturated carbocycles. The third-order valence-corrected chi connectivity index (χ3v) is 4.80. The van der Waals surface area contributed by atoms with E-state index >= 15 is 0 Å². The van der Waals surface area contributed by atoms with E-state index in [0.29, 0.717) is 17.9 Å². The Hall–Kier alpha value is -2.11. The van der Waals surface area contributed by atoms with Crippen LogP contribution in [0.5, 0.6) is 0 Å². The lowest BCUT2D eigenvalue weighted by atomic mass is 10.1. The van der Waals surface area contributed by atoms with E-state index in [0.717, 1.165) is 16.5 Å². The minimum atomic E-state index is -3.53. The summed E-state index contributed by atoms with van der Waals surface area (Å²) in [4.78, 5) is 0.306. The number of nitrogens with one attached hydrogen (secondary N) is 1. The van der Waals surface area contributed by atoms with Crippen molar-refractivity contribution in [2.75, 3.05) is 6.54 Å². The van der Waals surface area contributed by atoms with Crippen LogP contribution in [0.3, 0.4) is 0 Å². The summed E-state index contributed by atoms with van der Waals surface area (Å²) >= 11 is 0. The quantitative estimate of drug-likeness (QED) is 0.788.